The van der Waals surface area contributed by atoms with Gasteiger partial charge >= 0.3 is 0 Å². The maximum Gasteiger partial charge on any atom is 0.168 e. The normalized spacial score (nSPS) is 12.6. The van der Waals surface area contributed by atoms with Crippen LogP contribution in [0.2, 0.25) is 0 Å². The minimum absolute atomic E-state index is 0.00111. The first kappa shape index (κ1) is 12.9. The molecule has 1 unspecified atom stereocenters. The molecule has 0 spiro atoms. The molecular weight excluding hydrogens is 214 g/mol. The molecule has 0 fully saturated rings. The second-order valence-corrected chi connectivity index (χ2v) is 3.50. The van der Waals surface area contributed by atoms with Gasteiger partial charge in [0.1, 0.15) is 5.82 Å². The summed E-state index contributed by atoms with van der Waals surface area (Å²) in [5, 5.41) is 0. The highest BCUT2D eigenvalue weighted by Crippen LogP contribution is 2.28. The predicted molar refractivity (Wildman–Crippen MR) is 58.1 cm³/mol. The van der Waals surface area contributed by atoms with Gasteiger partial charge in [0.25, 0.3) is 0 Å². The fourth-order valence-electron chi connectivity index (χ4n) is 1.34. The number of ether oxygens (including phenoxy) is 1. The molecule has 1 rings (SSSR count). The zero-order chi connectivity index (χ0) is 12.1. The number of halogens is 2. The first-order valence-electron chi connectivity index (χ1n) is 5.17. The Labute approximate surface area is 93.4 Å². The van der Waals surface area contributed by atoms with E-state index in [1.165, 1.54) is 0 Å². The van der Waals surface area contributed by atoms with Crippen molar-refractivity contribution in [3.63, 3.8) is 0 Å². The highest BCUT2D eigenvalue weighted by molar-refractivity contribution is 5.38. The molecule has 0 heterocycles. The molecule has 3 nitrogen and oxygen atoms in total. The van der Waals surface area contributed by atoms with E-state index in [0.29, 0.717) is 6.61 Å². The molecule has 1 aromatic carbocycles. The van der Waals surface area contributed by atoms with Crippen molar-refractivity contribution >= 4 is 0 Å². The Kier molecular flexibility index (Phi) is 4.64. The predicted octanol–water partition coefficient (Wildman–Crippen LogP) is 1.71. The third kappa shape index (κ3) is 2.90. The van der Waals surface area contributed by atoms with E-state index in [9.17, 15) is 8.78 Å². The van der Waals surface area contributed by atoms with Crippen LogP contribution in [-0.2, 0) is 0 Å². The van der Waals surface area contributed by atoms with Crippen LogP contribution in [0, 0.1) is 11.6 Å². The van der Waals surface area contributed by atoms with Crippen LogP contribution in [0.15, 0.2) is 12.1 Å². The lowest BCUT2D eigenvalue weighted by Gasteiger charge is -2.16. The molecule has 0 aliphatic heterocycles. The molecule has 0 aromatic heterocycles. The minimum Gasteiger partial charge on any atom is -0.490 e. The number of nitrogens with two attached hydrogens (primary N) is 2. The third-order valence-electron chi connectivity index (χ3n) is 2.14. The largest absolute Gasteiger partial charge is 0.490 e. The van der Waals surface area contributed by atoms with Crippen molar-refractivity contribution < 1.29 is 13.5 Å². The summed E-state index contributed by atoms with van der Waals surface area (Å²) in [6.07, 6.45) is 0.730. The Morgan fingerprint density at radius 2 is 2.06 bits per heavy atom. The van der Waals surface area contributed by atoms with Crippen molar-refractivity contribution in [2.45, 2.75) is 19.4 Å². The summed E-state index contributed by atoms with van der Waals surface area (Å²) in [4.78, 5) is 0. The molecule has 0 amide bonds. The van der Waals surface area contributed by atoms with Crippen molar-refractivity contribution in [2.75, 3.05) is 13.2 Å². The molecule has 0 aliphatic rings. The van der Waals surface area contributed by atoms with Crippen LogP contribution >= 0.6 is 0 Å². The van der Waals surface area contributed by atoms with Crippen LogP contribution in [-0.4, -0.2) is 13.2 Å². The summed E-state index contributed by atoms with van der Waals surface area (Å²) in [7, 11) is 0. The Hall–Kier alpha value is -1.20. The zero-order valence-electron chi connectivity index (χ0n) is 9.17. The molecule has 0 radical (unpaired) electrons. The average molecular weight is 230 g/mol. The Bertz CT molecular complexity index is 358. The van der Waals surface area contributed by atoms with Gasteiger partial charge in [0.2, 0.25) is 0 Å². The van der Waals surface area contributed by atoms with Crippen molar-refractivity contribution in [1.29, 1.82) is 0 Å². The Morgan fingerprint density at radius 3 is 2.62 bits per heavy atom. The average Bonchev–Trinajstić information content (AvgIpc) is 2.26. The topological polar surface area (TPSA) is 61.3 Å². The van der Waals surface area contributed by atoms with E-state index in [0.717, 1.165) is 18.6 Å². The number of rotatable bonds is 5. The van der Waals surface area contributed by atoms with Crippen molar-refractivity contribution in [2.24, 2.45) is 11.5 Å². The molecule has 1 aromatic rings. The van der Waals surface area contributed by atoms with Gasteiger partial charge in [0.15, 0.2) is 11.6 Å². The number of benzene rings is 1. The molecular formula is C11H16F2N2O. The van der Waals surface area contributed by atoms with E-state index < -0.39 is 17.7 Å². The van der Waals surface area contributed by atoms with Gasteiger partial charge in [-0.3, -0.25) is 0 Å². The van der Waals surface area contributed by atoms with Crippen molar-refractivity contribution in [1.82, 2.24) is 0 Å². The Balaban J connectivity index is 3.10. The molecule has 0 aliphatic carbocycles. The molecule has 16 heavy (non-hydrogen) atoms. The van der Waals surface area contributed by atoms with E-state index >= 15 is 0 Å². The second-order valence-electron chi connectivity index (χ2n) is 3.50. The maximum atomic E-state index is 13.5. The first-order chi connectivity index (χ1) is 7.60. The fraction of sp³-hybridized carbons (Fsp3) is 0.455. The van der Waals surface area contributed by atoms with Gasteiger partial charge in [-0.1, -0.05) is 6.92 Å². The van der Waals surface area contributed by atoms with E-state index in [1.807, 2.05) is 6.92 Å². The van der Waals surface area contributed by atoms with Gasteiger partial charge in [0, 0.05) is 24.2 Å². The lowest BCUT2D eigenvalue weighted by Crippen LogP contribution is -2.22. The summed E-state index contributed by atoms with van der Waals surface area (Å²) < 4.78 is 31.7. The van der Waals surface area contributed by atoms with Crippen LogP contribution < -0.4 is 16.2 Å². The molecule has 0 saturated carbocycles. The van der Waals surface area contributed by atoms with Crippen molar-refractivity contribution in [3.05, 3.63) is 29.3 Å². The van der Waals surface area contributed by atoms with Crippen molar-refractivity contribution in [3.8, 4) is 5.75 Å². The summed E-state index contributed by atoms with van der Waals surface area (Å²) in [5.41, 5.74) is 11.3. The quantitative estimate of drug-likeness (QED) is 0.809. The summed E-state index contributed by atoms with van der Waals surface area (Å²) in [6, 6.07) is 1.31. The lowest BCUT2D eigenvalue weighted by molar-refractivity contribution is 0.295. The molecule has 5 heteroatoms. The zero-order valence-corrected chi connectivity index (χ0v) is 9.17. The number of hydrogen-bond acceptors (Lipinski definition) is 3. The van der Waals surface area contributed by atoms with Gasteiger partial charge in [-0.15, -0.1) is 0 Å². The van der Waals surface area contributed by atoms with Crippen LogP contribution in [0.4, 0.5) is 8.78 Å². The van der Waals surface area contributed by atoms with E-state index in [2.05, 4.69) is 0 Å². The lowest BCUT2D eigenvalue weighted by atomic mass is 10.1. The molecule has 90 valence electrons. The molecule has 4 N–H and O–H groups in total. The maximum absolute atomic E-state index is 13.5. The minimum atomic E-state index is -0.743. The standard InChI is InChI=1S/C11H16F2N2O/c1-2-3-16-11-8(10(15)6-14)4-7(12)5-9(11)13/h4-5,10H,2-3,6,14-15H2,1H3. The third-order valence-corrected chi connectivity index (χ3v) is 2.14. The van der Waals surface area contributed by atoms with Crippen LogP contribution in [0.1, 0.15) is 24.9 Å². The number of hydrogen-bond donors (Lipinski definition) is 2. The van der Waals surface area contributed by atoms with Gasteiger partial charge in [-0.05, 0) is 12.5 Å². The smallest absolute Gasteiger partial charge is 0.168 e. The van der Waals surface area contributed by atoms with Crippen LogP contribution in [0.25, 0.3) is 0 Å². The van der Waals surface area contributed by atoms with Gasteiger partial charge in [0.05, 0.1) is 6.61 Å². The first-order valence-corrected chi connectivity index (χ1v) is 5.17. The van der Waals surface area contributed by atoms with E-state index in [-0.39, 0.29) is 17.9 Å². The van der Waals surface area contributed by atoms with Crippen LogP contribution in [0.3, 0.4) is 0 Å². The van der Waals surface area contributed by atoms with Gasteiger partial charge < -0.3 is 16.2 Å². The van der Waals surface area contributed by atoms with Crippen LogP contribution in [0.5, 0.6) is 5.75 Å². The highest BCUT2D eigenvalue weighted by Gasteiger charge is 2.17. The molecule has 1 atom stereocenters. The highest BCUT2D eigenvalue weighted by atomic mass is 19.1. The SMILES string of the molecule is CCCOc1c(F)cc(F)cc1C(N)CN. The molecule has 0 saturated heterocycles. The fourth-order valence-corrected chi connectivity index (χ4v) is 1.34. The van der Waals surface area contributed by atoms with E-state index in [4.69, 9.17) is 16.2 Å². The summed E-state index contributed by atoms with van der Waals surface area (Å²) in [6.45, 7) is 2.35. The monoisotopic (exact) mass is 230 g/mol. The Morgan fingerprint density at radius 1 is 1.38 bits per heavy atom. The summed E-state index contributed by atoms with van der Waals surface area (Å²) >= 11 is 0. The summed E-state index contributed by atoms with van der Waals surface area (Å²) in [5.74, 6) is -1.42. The van der Waals surface area contributed by atoms with Gasteiger partial charge in [-0.2, -0.15) is 0 Å². The second kappa shape index (κ2) is 5.77. The van der Waals surface area contributed by atoms with Gasteiger partial charge in [-0.25, -0.2) is 8.78 Å². The molecule has 0 bridgehead atoms. The van der Waals surface area contributed by atoms with E-state index in [1.54, 1.807) is 0 Å².